The first-order valence-electron chi connectivity index (χ1n) is 21.7. The molecule has 5 aromatic carbocycles. The summed E-state index contributed by atoms with van der Waals surface area (Å²) in [6.07, 6.45) is 7.27. The van der Waals surface area contributed by atoms with Crippen molar-refractivity contribution in [3.05, 3.63) is 172 Å². The number of amides is 1. The lowest BCUT2D eigenvalue weighted by molar-refractivity contribution is -0.137. The number of carbonyl (C=O) groups excluding carboxylic acids is 2. The molecule has 1 amide bonds. The average molecular weight is 994 g/mol. The number of benzene rings is 5. The van der Waals surface area contributed by atoms with E-state index in [2.05, 4.69) is 29.8 Å². The molecule has 1 atom stereocenters. The molecule has 0 fully saturated rings. The molecular weight excluding hydrogens is 943 g/mol. The Kier molecular flexibility index (Phi) is 15.1. The Bertz CT molecular complexity index is 3030. The van der Waals surface area contributed by atoms with Gasteiger partial charge >= 0.3 is 12.1 Å². The minimum atomic E-state index is -4.16. The summed E-state index contributed by atoms with van der Waals surface area (Å²) in [5.74, 6) is -2.50. The molecule has 0 bridgehead atoms. The fraction of sp³-hybridized carbons (Fsp3) is 0.250. The van der Waals surface area contributed by atoms with Crippen molar-refractivity contribution in [3.8, 4) is 22.8 Å². The molecule has 1 unspecified atom stereocenters. The highest BCUT2D eigenvalue weighted by Crippen LogP contribution is 2.40. The van der Waals surface area contributed by atoms with Crippen molar-refractivity contribution < 1.29 is 41.0 Å². The highest BCUT2D eigenvalue weighted by molar-refractivity contribution is 9.10. The van der Waals surface area contributed by atoms with Crippen molar-refractivity contribution in [2.45, 2.75) is 64.5 Å². The summed E-state index contributed by atoms with van der Waals surface area (Å²) in [7, 11) is -2.43. The topological polar surface area (TPSA) is 122 Å². The Morgan fingerprint density at radius 3 is 2.39 bits per heavy atom. The zero-order valence-corrected chi connectivity index (χ0v) is 40.2. The van der Waals surface area contributed by atoms with Gasteiger partial charge in [0.15, 0.2) is 11.6 Å². The average Bonchev–Trinajstić information content (AvgIpc) is 3.97. The molecule has 0 saturated heterocycles. The smallest absolute Gasteiger partial charge is 0.409 e. The SMILES string of the molecule is CCOC(=O)/C=C/c1c(Oc2ccc(F)c(-c3ccn(C(CC(C)(C)CCCN(C)C(=O)OCc4ccccc4)c4cccc(Br)c4)n3)c2)c(F)cc2c1ccn2S(=O)(=O)c1ccc(C)cc1. The molecule has 0 spiro atoms. The molecule has 0 N–H and O–H groups in total. The van der Waals surface area contributed by atoms with E-state index in [0.29, 0.717) is 18.7 Å². The molecule has 7 aromatic rings. The van der Waals surface area contributed by atoms with Gasteiger partial charge in [-0.1, -0.05) is 89.9 Å². The standard InChI is InChI=1S/C52H51BrF2N4O7S/c1-6-64-49(60)23-21-42-41-24-29-59(67(62,63)40-19-16-35(2)17-20-40)47(41)32-45(55)50(42)66-39-18-22-44(54)43(31-39)46-25-28-58(56-46)48(37-14-10-15-38(53)30-37)33-52(3,4)26-11-27-57(5)51(61)65-34-36-12-8-7-9-13-36/h7-10,12-25,28-32,48H,6,11,26-27,33-34H2,1-5H3/b23-21+. The van der Waals surface area contributed by atoms with Gasteiger partial charge in [0, 0.05) is 59.1 Å². The number of carbonyl (C=O) groups is 2. The lowest BCUT2D eigenvalue weighted by Crippen LogP contribution is -2.29. The zero-order chi connectivity index (χ0) is 47.9. The molecule has 67 heavy (non-hydrogen) atoms. The highest BCUT2D eigenvalue weighted by Gasteiger charge is 2.28. The van der Waals surface area contributed by atoms with Gasteiger partial charge in [-0.15, -0.1) is 0 Å². The molecule has 15 heteroatoms. The molecule has 0 aliphatic rings. The molecule has 0 saturated carbocycles. The summed E-state index contributed by atoms with van der Waals surface area (Å²) in [6, 6.07) is 31.7. The summed E-state index contributed by atoms with van der Waals surface area (Å²) >= 11 is 3.61. The Morgan fingerprint density at radius 1 is 0.896 bits per heavy atom. The fourth-order valence-electron chi connectivity index (χ4n) is 7.83. The first-order chi connectivity index (χ1) is 32.0. The zero-order valence-electron chi connectivity index (χ0n) is 37.8. The van der Waals surface area contributed by atoms with Crippen LogP contribution < -0.4 is 4.74 Å². The van der Waals surface area contributed by atoms with Crippen molar-refractivity contribution in [3.63, 3.8) is 0 Å². The van der Waals surface area contributed by atoms with Crippen LogP contribution in [-0.2, 0) is 30.9 Å². The number of halogens is 3. The first kappa shape index (κ1) is 48.4. The van der Waals surface area contributed by atoms with E-state index in [1.165, 1.54) is 48.7 Å². The number of hydrogen-bond donors (Lipinski definition) is 0. The van der Waals surface area contributed by atoms with Gasteiger partial charge in [-0.05, 0) is 110 Å². The number of ether oxygens (including phenoxy) is 3. The summed E-state index contributed by atoms with van der Waals surface area (Å²) in [5.41, 5.74) is 2.98. The van der Waals surface area contributed by atoms with Gasteiger partial charge < -0.3 is 19.1 Å². The van der Waals surface area contributed by atoms with Crippen LogP contribution in [0.4, 0.5) is 13.6 Å². The van der Waals surface area contributed by atoms with Crippen LogP contribution in [0, 0.1) is 24.0 Å². The highest BCUT2D eigenvalue weighted by atomic mass is 79.9. The number of hydrogen-bond acceptors (Lipinski definition) is 8. The van der Waals surface area contributed by atoms with E-state index in [-0.39, 0.29) is 69.2 Å². The summed E-state index contributed by atoms with van der Waals surface area (Å²) in [6.45, 7) is 8.61. The fourth-order valence-corrected chi connectivity index (χ4v) is 9.59. The van der Waals surface area contributed by atoms with E-state index in [0.717, 1.165) is 50.1 Å². The van der Waals surface area contributed by atoms with Crippen molar-refractivity contribution in [2.75, 3.05) is 20.2 Å². The number of nitrogens with zero attached hydrogens (tertiary/aromatic N) is 4. The van der Waals surface area contributed by atoms with E-state index >= 15 is 8.78 Å². The molecule has 7 rings (SSSR count). The minimum absolute atomic E-state index is 0.00632. The van der Waals surface area contributed by atoms with E-state index in [1.54, 1.807) is 47.9 Å². The predicted molar refractivity (Wildman–Crippen MR) is 258 cm³/mol. The number of aryl methyl sites for hydroxylation is 1. The normalized spacial score (nSPS) is 12.4. The van der Waals surface area contributed by atoms with Crippen LogP contribution in [0.15, 0.2) is 143 Å². The van der Waals surface area contributed by atoms with Crippen LogP contribution in [-0.4, -0.2) is 59.3 Å². The van der Waals surface area contributed by atoms with E-state index in [9.17, 15) is 18.0 Å². The molecular formula is C52H51BrF2N4O7S. The molecule has 11 nitrogen and oxygen atoms in total. The number of fused-ring (bicyclic) bond motifs is 1. The van der Waals surface area contributed by atoms with Crippen LogP contribution in [0.1, 0.15) is 68.3 Å². The molecule has 2 heterocycles. The van der Waals surface area contributed by atoms with Crippen molar-refractivity contribution in [2.24, 2.45) is 5.41 Å². The monoisotopic (exact) mass is 992 g/mol. The van der Waals surface area contributed by atoms with Crippen LogP contribution in [0.25, 0.3) is 28.2 Å². The molecule has 0 aliphatic heterocycles. The number of aromatic nitrogens is 3. The molecule has 348 valence electrons. The van der Waals surface area contributed by atoms with Crippen LogP contribution in [0.5, 0.6) is 11.5 Å². The molecule has 0 aliphatic carbocycles. The van der Waals surface area contributed by atoms with Gasteiger partial charge in [-0.25, -0.2) is 30.8 Å². The summed E-state index contributed by atoms with van der Waals surface area (Å²) in [4.78, 5) is 26.8. The second-order valence-corrected chi connectivity index (χ2v) is 19.7. The van der Waals surface area contributed by atoms with Crippen LogP contribution in [0.2, 0.25) is 0 Å². The largest absolute Gasteiger partial charge is 0.463 e. The number of esters is 1. The quantitative estimate of drug-likeness (QED) is 0.0615. The van der Waals surface area contributed by atoms with Crippen molar-refractivity contribution in [1.29, 1.82) is 0 Å². The Hall–Kier alpha value is -6.58. The third kappa shape index (κ3) is 11.7. The van der Waals surface area contributed by atoms with E-state index in [1.807, 2.05) is 61.5 Å². The number of rotatable bonds is 18. The van der Waals surface area contributed by atoms with E-state index in [4.69, 9.17) is 19.3 Å². The van der Waals surface area contributed by atoms with Crippen LogP contribution in [0.3, 0.4) is 0 Å². The van der Waals surface area contributed by atoms with Gasteiger partial charge in [0.25, 0.3) is 10.0 Å². The Balaban J connectivity index is 1.15. The lowest BCUT2D eigenvalue weighted by Gasteiger charge is -2.31. The van der Waals surface area contributed by atoms with Crippen molar-refractivity contribution >= 4 is 55.0 Å². The second-order valence-electron chi connectivity index (χ2n) is 17.0. The Morgan fingerprint density at radius 2 is 1.66 bits per heavy atom. The van der Waals surface area contributed by atoms with Gasteiger partial charge in [-0.2, -0.15) is 5.10 Å². The third-order valence-corrected chi connectivity index (χ3v) is 13.6. The second kappa shape index (κ2) is 20.9. The molecule has 2 aromatic heterocycles. The predicted octanol–water partition coefficient (Wildman–Crippen LogP) is 12.5. The van der Waals surface area contributed by atoms with E-state index < -0.39 is 27.6 Å². The van der Waals surface area contributed by atoms with Crippen molar-refractivity contribution in [1.82, 2.24) is 18.7 Å². The molecule has 0 radical (unpaired) electrons. The van der Waals surface area contributed by atoms with Gasteiger partial charge in [0.1, 0.15) is 18.2 Å². The summed E-state index contributed by atoms with van der Waals surface area (Å²) in [5, 5.41) is 5.16. The van der Waals surface area contributed by atoms with Gasteiger partial charge in [0.2, 0.25) is 0 Å². The third-order valence-electron chi connectivity index (χ3n) is 11.4. The minimum Gasteiger partial charge on any atom is -0.463 e. The van der Waals surface area contributed by atoms with Crippen LogP contribution >= 0.6 is 15.9 Å². The lowest BCUT2D eigenvalue weighted by atomic mass is 9.80. The first-order valence-corrected chi connectivity index (χ1v) is 24.0. The maximum atomic E-state index is 16.4. The van der Waals surface area contributed by atoms with Gasteiger partial charge in [-0.3, -0.25) is 4.68 Å². The summed E-state index contributed by atoms with van der Waals surface area (Å²) < 4.78 is 80.2. The maximum Gasteiger partial charge on any atom is 0.409 e. The Labute approximate surface area is 397 Å². The van der Waals surface area contributed by atoms with Gasteiger partial charge in [0.05, 0.1) is 28.8 Å². The maximum absolute atomic E-state index is 16.4.